The fourth-order valence-corrected chi connectivity index (χ4v) is 3.83. The van der Waals surface area contributed by atoms with Crippen molar-refractivity contribution in [2.75, 3.05) is 46.6 Å². The highest BCUT2D eigenvalue weighted by Gasteiger charge is 2.49. The second-order valence-corrected chi connectivity index (χ2v) is 7.36. The summed E-state index contributed by atoms with van der Waals surface area (Å²) in [6, 6.07) is 0.742. The van der Waals surface area contributed by atoms with Gasteiger partial charge in [0.15, 0.2) is 0 Å². The van der Waals surface area contributed by atoms with Crippen molar-refractivity contribution in [3.8, 4) is 0 Å². The van der Waals surface area contributed by atoms with Crippen LogP contribution >= 0.6 is 0 Å². The van der Waals surface area contributed by atoms with Gasteiger partial charge in [0.25, 0.3) is 0 Å². The number of nitrogens with zero attached hydrogens (tertiary/aromatic N) is 1. The van der Waals surface area contributed by atoms with Gasteiger partial charge in [-0.25, -0.2) is 0 Å². The van der Waals surface area contributed by atoms with Crippen LogP contribution in [-0.4, -0.2) is 63.0 Å². The van der Waals surface area contributed by atoms with Crippen molar-refractivity contribution in [1.82, 2.24) is 10.2 Å². The molecule has 0 radical (unpaired) electrons. The molecule has 0 aromatic carbocycles. The van der Waals surface area contributed by atoms with Crippen molar-refractivity contribution in [2.24, 2.45) is 11.8 Å². The van der Waals surface area contributed by atoms with Crippen molar-refractivity contribution in [3.63, 3.8) is 0 Å². The molecule has 21 heavy (non-hydrogen) atoms. The van der Waals surface area contributed by atoms with Gasteiger partial charge in [-0.05, 0) is 50.9 Å². The van der Waals surface area contributed by atoms with E-state index in [4.69, 9.17) is 9.47 Å². The molecule has 1 N–H and O–H groups in total. The van der Waals surface area contributed by atoms with Crippen LogP contribution in [0.2, 0.25) is 0 Å². The summed E-state index contributed by atoms with van der Waals surface area (Å²) >= 11 is 0. The first-order valence-electron chi connectivity index (χ1n) is 8.79. The SMILES string of the molecule is COCCOCCCN1CC(C2CC2)NCC1(C)C1CC1. The highest BCUT2D eigenvalue weighted by Crippen LogP contribution is 2.45. The summed E-state index contributed by atoms with van der Waals surface area (Å²) in [4.78, 5) is 2.78. The third-order valence-electron chi connectivity index (χ3n) is 5.66. The van der Waals surface area contributed by atoms with E-state index in [1.54, 1.807) is 7.11 Å². The van der Waals surface area contributed by atoms with Gasteiger partial charge in [-0.2, -0.15) is 0 Å². The van der Waals surface area contributed by atoms with Gasteiger partial charge >= 0.3 is 0 Å². The van der Waals surface area contributed by atoms with Gasteiger partial charge in [0.05, 0.1) is 13.2 Å². The van der Waals surface area contributed by atoms with E-state index in [2.05, 4.69) is 17.1 Å². The van der Waals surface area contributed by atoms with Crippen LogP contribution in [0.15, 0.2) is 0 Å². The maximum absolute atomic E-state index is 5.63. The maximum Gasteiger partial charge on any atom is 0.0700 e. The molecule has 2 aliphatic carbocycles. The maximum atomic E-state index is 5.63. The summed E-state index contributed by atoms with van der Waals surface area (Å²) < 4.78 is 10.6. The van der Waals surface area contributed by atoms with Crippen LogP contribution in [0.1, 0.15) is 39.0 Å². The minimum absolute atomic E-state index is 0.387. The van der Waals surface area contributed by atoms with Crippen LogP contribution in [0, 0.1) is 11.8 Å². The lowest BCUT2D eigenvalue weighted by atomic mass is 9.88. The summed E-state index contributed by atoms with van der Waals surface area (Å²) in [6.07, 6.45) is 6.86. The Labute approximate surface area is 129 Å². The van der Waals surface area contributed by atoms with Gasteiger partial charge in [-0.15, -0.1) is 0 Å². The lowest BCUT2D eigenvalue weighted by Gasteiger charge is -2.49. The lowest BCUT2D eigenvalue weighted by molar-refractivity contribution is 0.0164. The summed E-state index contributed by atoms with van der Waals surface area (Å²) in [5.41, 5.74) is 0.387. The molecular formula is C17H32N2O2. The Morgan fingerprint density at radius 2 is 1.95 bits per heavy atom. The lowest BCUT2D eigenvalue weighted by Crippen LogP contribution is -2.65. The molecule has 2 atom stereocenters. The van der Waals surface area contributed by atoms with Crippen molar-refractivity contribution in [2.45, 2.75) is 50.6 Å². The molecule has 1 heterocycles. The van der Waals surface area contributed by atoms with E-state index in [0.717, 1.165) is 37.5 Å². The van der Waals surface area contributed by atoms with Crippen molar-refractivity contribution >= 4 is 0 Å². The number of piperazine rings is 1. The van der Waals surface area contributed by atoms with E-state index < -0.39 is 0 Å². The van der Waals surface area contributed by atoms with E-state index in [0.29, 0.717) is 12.1 Å². The highest BCUT2D eigenvalue weighted by atomic mass is 16.5. The van der Waals surface area contributed by atoms with Gasteiger partial charge < -0.3 is 14.8 Å². The van der Waals surface area contributed by atoms with E-state index >= 15 is 0 Å². The monoisotopic (exact) mass is 296 g/mol. The summed E-state index contributed by atoms with van der Waals surface area (Å²) in [7, 11) is 1.73. The van der Waals surface area contributed by atoms with Crippen LogP contribution in [0.4, 0.5) is 0 Å². The van der Waals surface area contributed by atoms with E-state index in [9.17, 15) is 0 Å². The predicted molar refractivity (Wildman–Crippen MR) is 84.5 cm³/mol. The summed E-state index contributed by atoms with van der Waals surface area (Å²) in [5.74, 6) is 1.87. The van der Waals surface area contributed by atoms with Crippen LogP contribution < -0.4 is 5.32 Å². The number of ether oxygens (including phenoxy) is 2. The van der Waals surface area contributed by atoms with Crippen molar-refractivity contribution in [1.29, 1.82) is 0 Å². The number of hydrogen-bond acceptors (Lipinski definition) is 4. The average molecular weight is 296 g/mol. The molecule has 3 aliphatic rings. The van der Waals surface area contributed by atoms with Gasteiger partial charge in [-0.3, -0.25) is 4.90 Å². The standard InChI is InChI=1S/C17H32N2O2/c1-17(15-6-7-15)13-18-16(14-4-5-14)12-19(17)8-3-9-21-11-10-20-2/h14-16,18H,3-13H2,1-2H3. The Bertz CT molecular complexity index is 331. The first-order valence-corrected chi connectivity index (χ1v) is 8.79. The molecule has 3 rings (SSSR count). The zero-order valence-corrected chi connectivity index (χ0v) is 13.8. The van der Waals surface area contributed by atoms with E-state index in [1.807, 2.05) is 0 Å². The second kappa shape index (κ2) is 6.95. The smallest absolute Gasteiger partial charge is 0.0700 e. The Kier molecular flexibility index (Phi) is 5.20. The fraction of sp³-hybridized carbons (Fsp3) is 1.00. The second-order valence-electron chi connectivity index (χ2n) is 7.36. The quantitative estimate of drug-likeness (QED) is 0.659. The zero-order valence-electron chi connectivity index (χ0n) is 13.8. The topological polar surface area (TPSA) is 33.7 Å². The van der Waals surface area contributed by atoms with E-state index in [-0.39, 0.29) is 0 Å². The average Bonchev–Trinajstić information content (AvgIpc) is 3.36. The van der Waals surface area contributed by atoms with Crippen LogP contribution in [-0.2, 0) is 9.47 Å². The summed E-state index contributed by atoms with van der Waals surface area (Å²) in [5, 5.41) is 3.85. The molecule has 4 heteroatoms. The van der Waals surface area contributed by atoms with Gasteiger partial charge in [0, 0.05) is 44.9 Å². The molecule has 2 unspecified atom stereocenters. The van der Waals surface area contributed by atoms with Gasteiger partial charge in [0.2, 0.25) is 0 Å². The highest BCUT2D eigenvalue weighted by molar-refractivity contribution is 5.06. The molecule has 1 aliphatic heterocycles. The Balaban J connectivity index is 1.46. The number of hydrogen-bond donors (Lipinski definition) is 1. The normalized spacial score (nSPS) is 34.3. The summed E-state index contributed by atoms with van der Waals surface area (Å²) in [6.45, 7) is 8.39. The first-order chi connectivity index (χ1) is 10.2. The molecule has 0 amide bonds. The number of rotatable bonds is 9. The third kappa shape index (κ3) is 3.98. The molecule has 0 aromatic heterocycles. The Morgan fingerprint density at radius 1 is 1.14 bits per heavy atom. The molecule has 0 aromatic rings. The minimum Gasteiger partial charge on any atom is -0.382 e. The van der Waals surface area contributed by atoms with Crippen LogP contribution in [0.5, 0.6) is 0 Å². The zero-order chi connectivity index (χ0) is 14.7. The van der Waals surface area contributed by atoms with Crippen molar-refractivity contribution < 1.29 is 9.47 Å². The van der Waals surface area contributed by atoms with Crippen LogP contribution in [0.25, 0.3) is 0 Å². The van der Waals surface area contributed by atoms with Gasteiger partial charge in [-0.1, -0.05) is 0 Å². The number of methoxy groups -OCH3 is 1. The molecule has 0 spiro atoms. The fourth-order valence-electron chi connectivity index (χ4n) is 3.83. The molecule has 4 nitrogen and oxygen atoms in total. The van der Waals surface area contributed by atoms with Crippen LogP contribution in [0.3, 0.4) is 0 Å². The molecule has 3 fully saturated rings. The largest absolute Gasteiger partial charge is 0.382 e. The predicted octanol–water partition coefficient (Wildman–Crippen LogP) is 1.89. The number of nitrogens with one attached hydrogen (secondary N) is 1. The minimum atomic E-state index is 0.387. The Hall–Kier alpha value is -0.160. The molecule has 122 valence electrons. The molecule has 2 saturated carbocycles. The molecule has 0 bridgehead atoms. The first kappa shape index (κ1) is 15.7. The van der Waals surface area contributed by atoms with Gasteiger partial charge in [0.1, 0.15) is 0 Å². The molecular weight excluding hydrogens is 264 g/mol. The third-order valence-corrected chi connectivity index (χ3v) is 5.66. The van der Waals surface area contributed by atoms with Crippen molar-refractivity contribution in [3.05, 3.63) is 0 Å². The Morgan fingerprint density at radius 3 is 2.62 bits per heavy atom. The van der Waals surface area contributed by atoms with E-state index in [1.165, 1.54) is 45.3 Å². The molecule has 1 saturated heterocycles.